The van der Waals surface area contributed by atoms with Crippen molar-refractivity contribution in [3.63, 3.8) is 0 Å². The molecule has 0 spiro atoms. The number of benzene rings is 1. The highest BCUT2D eigenvalue weighted by atomic mass is 16.2. The van der Waals surface area contributed by atoms with E-state index in [2.05, 4.69) is 25.1 Å². The van der Waals surface area contributed by atoms with Crippen LogP contribution in [0.1, 0.15) is 37.0 Å². The molecule has 19 heavy (non-hydrogen) atoms. The van der Waals surface area contributed by atoms with Crippen LogP contribution in [0.4, 0.5) is 5.69 Å². The Labute approximate surface area is 114 Å². The first kappa shape index (κ1) is 13.6. The van der Waals surface area contributed by atoms with Gasteiger partial charge in [-0.25, -0.2) is 0 Å². The quantitative estimate of drug-likeness (QED) is 0.774. The molecule has 1 fully saturated rings. The topological polar surface area (TPSA) is 44.1 Å². The molecule has 0 radical (unpaired) electrons. The normalized spacial score (nSPS) is 21.6. The minimum Gasteiger partial charge on any atom is -0.305 e. The Balaban J connectivity index is 2.60. The molecule has 1 aliphatic rings. The highest BCUT2D eigenvalue weighted by Crippen LogP contribution is 2.41. The highest BCUT2D eigenvalue weighted by Gasteiger charge is 2.47. The zero-order valence-corrected chi connectivity index (χ0v) is 12.2. The Kier molecular flexibility index (Phi) is 3.14. The van der Waals surface area contributed by atoms with E-state index in [-0.39, 0.29) is 11.8 Å². The monoisotopic (exact) mass is 256 g/mol. The number of hydrogen-bond donors (Lipinski definition) is 0. The highest BCUT2D eigenvalue weighted by molar-refractivity contribution is 5.99. The van der Waals surface area contributed by atoms with Crippen LogP contribution >= 0.6 is 0 Å². The molecule has 3 nitrogen and oxygen atoms in total. The van der Waals surface area contributed by atoms with Crippen LogP contribution in [0.3, 0.4) is 0 Å². The molecule has 1 heterocycles. The van der Waals surface area contributed by atoms with Gasteiger partial charge in [0.15, 0.2) is 0 Å². The van der Waals surface area contributed by atoms with Crippen LogP contribution in [-0.2, 0) is 4.79 Å². The van der Waals surface area contributed by atoms with Crippen molar-refractivity contribution in [1.82, 2.24) is 0 Å². The van der Waals surface area contributed by atoms with Crippen LogP contribution in [0, 0.1) is 38.0 Å². The van der Waals surface area contributed by atoms with E-state index in [1.54, 1.807) is 0 Å². The third-order valence-corrected chi connectivity index (χ3v) is 4.07. The number of carbonyl (C=O) groups is 1. The number of aryl methyl sites for hydroxylation is 3. The second kappa shape index (κ2) is 4.38. The Morgan fingerprint density at radius 3 is 2.21 bits per heavy atom. The molecular weight excluding hydrogens is 236 g/mol. The molecule has 2 rings (SSSR count). The molecule has 1 amide bonds. The number of rotatable bonds is 1. The van der Waals surface area contributed by atoms with Gasteiger partial charge in [-0.2, -0.15) is 5.26 Å². The Hall–Kier alpha value is -1.82. The maximum atomic E-state index is 12.3. The molecule has 1 aromatic rings. The third-order valence-electron chi connectivity index (χ3n) is 4.07. The van der Waals surface area contributed by atoms with Crippen molar-refractivity contribution in [3.05, 3.63) is 28.8 Å². The van der Waals surface area contributed by atoms with Crippen molar-refractivity contribution >= 4 is 11.6 Å². The van der Waals surface area contributed by atoms with E-state index in [0.29, 0.717) is 6.42 Å². The summed E-state index contributed by atoms with van der Waals surface area (Å²) in [6.45, 7) is 10.1. The van der Waals surface area contributed by atoms with Crippen molar-refractivity contribution in [2.45, 2.75) is 46.6 Å². The number of hydrogen-bond acceptors (Lipinski definition) is 2. The first-order valence-electron chi connectivity index (χ1n) is 6.59. The van der Waals surface area contributed by atoms with Gasteiger partial charge < -0.3 is 4.90 Å². The third kappa shape index (κ3) is 2.02. The summed E-state index contributed by atoms with van der Waals surface area (Å²) < 4.78 is 0. The molecule has 3 heteroatoms. The molecule has 1 saturated heterocycles. The minimum atomic E-state index is -0.448. The summed E-state index contributed by atoms with van der Waals surface area (Å²) in [6.07, 6.45) is 0.316. The predicted octanol–water partition coefficient (Wildman–Crippen LogP) is 3.27. The summed E-state index contributed by atoms with van der Waals surface area (Å²) in [5.41, 5.74) is 3.91. The van der Waals surface area contributed by atoms with Gasteiger partial charge in [0.2, 0.25) is 5.91 Å². The fourth-order valence-corrected chi connectivity index (χ4v) is 3.13. The van der Waals surface area contributed by atoms with E-state index < -0.39 is 5.54 Å². The average molecular weight is 256 g/mol. The van der Waals surface area contributed by atoms with E-state index >= 15 is 0 Å². The number of carbonyl (C=O) groups excluding carboxylic acids is 1. The van der Waals surface area contributed by atoms with E-state index in [9.17, 15) is 10.1 Å². The Bertz CT molecular complexity index is 558. The Morgan fingerprint density at radius 1 is 1.26 bits per heavy atom. The first-order valence-corrected chi connectivity index (χ1v) is 6.59. The largest absolute Gasteiger partial charge is 0.305 e. The molecule has 1 aromatic carbocycles. The fourth-order valence-electron chi connectivity index (χ4n) is 3.13. The van der Waals surface area contributed by atoms with Crippen LogP contribution in [0.2, 0.25) is 0 Å². The van der Waals surface area contributed by atoms with Crippen LogP contribution in [0.15, 0.2) is 12.1 Å². The number of nitriles is 1. The minimum absolute atomic E-state index is 0.0478. The van der Waals surface area contributed by atoms with Gasteiger partial charge in [0.05, 0.1) is 23.2 Å². The van der Waals surface area contributed by atoms with Gasteiger partial charge in [0.25, 0.3) is 0 Å². The summed E-state index contributed by atoms with van der Waals surface area (Å²) in [4.78, 5) is 14.1. The molecule has 0 bridgehead atoms. The smallest absolute Gasteiger partial charge is 0.228 e. The van der Waals surface area contributed by atoms with Crippen LogP contribution in [0.5, 0.6) is 0 Å². The summed E-state index contributed by atoms with van der Waals surface area (Å²) in [6, 6.07) is 6.45. The maximum absolute atomic E-state index is 12.3. The van der Waals surface area contributed by atoms with Gasteiger partial charge in [-0.1, -0.05) is 17.7 Å². The molecule has 100 valence electrons. The number of anilines is 1. The zero-order valence-electron chi connectivity index (χ0n) is 12.2. The maximum Gasteiger partial charge on any atom is 0.228 e. The number of nitrogens with zero attached hydrogens (tertiary/aromatic N) is 2. The van der Waals surface area contributed by atoms with Crippen molar-refractivity contribution in [1.29, 1.82) is 5.26 Å². The standard InChI is InChI=1S/C16H20N2O/c1-10-6-11(2)15(12(3)7-10)18-14(19)8-13(9-17)16(18,4)5/h6-7,13H,8H2,1-5H3. The van der Waals surface area contributed by atoms with Crippen molar-refractivity contribution < 1.29 is 4.79 Å². The molecule has 1 aliphatic heterocycles. The molecule has 0 saturated carbocycles. The lowest BCUT2D eigenvalue weighted by Gasteiger charge is -2.35. The van der Waals surface area contributed by atoms with Crippen LogP contribution < -0.4 is 4.90 Å². The van der Waals surface area contributed by atoms with Gasteiger partial charge in [-0.15, -0.1) is 0 Å². The molecule has 0 aromatic heterocycles. The molecule has 1 unspecified atom stereocenters. The summed E-state index contributed by atoms with van der Waals surface area (Å²) in [5.74, 6) is -0.202. The predicted molar refractivity (Wildman–Crippen MR) is 75.9 cm³/mol. The summed E-state index contributed by atoms with van der Waals surface area (Å²) in [5, 5.41) is 9.24. The zero-order chi connectivity index (χ0) is 14.4. The van der Waals surface area contributed by atoms with Gasteiger partial charge in [0, 0.05) is 6.42 Å². The molecule has 0 aliphatic carbocycles. The van der Waals surface area contributed by atoms with Crippen LogP contribution in [-0.4, -0.2) is 11.4 Å². The van der Waals surface area contributed by atoms with E-state index in [1.165, 1.54) is 5.56 Å². The van der Waals surface area contributed by atoms with Gasteiger partial charge >= 0.3 is 0 Å². The van der Waals surface area contributed by atoms with Crippen molar-refractivity contribution in [2.75, 3.05) is 4.90 Å². The average Bonchev–Trinajstić information content (AvgIpc) is 2.50. The molecule has 1 atom stereocenters. The van der Waals surface area contributed by atoms with Gasteiger partial charge in [-0.3, -0.25) is 4.79 Å². The van der Waals surface area contributed by atoms with Crippen LogP contribution in [0.25, 0.3) is 0 Å². The van der Waals surface area contributed by atoms with E-state index in [0.717, 1.165) is 16.8 Å². The molecule has 0 N–H and O–H groups in total. The second-order valence-electron chi connectivity index (χ2n) is 6.02. The second-order valence-corrected chi connectivity index (χ2v) is 6.02. The lowest BCUT2D eigenvalue weighted by molar-refractivity contribution is -0.117. The van der Waals surface area contributed by atoms with E-state index in [1.807, 2.05) is 32.6 Å². The SMILES string of the molecule is Cc1cc(C)c(N2C(=O)CC(C#N)C2(C)C)c(C)c1. The fraction of sp³-hybridized carbons (Fsp3) is 0.500. The summed E-state index contributed by atoms with van der Waals surface area (Å²) in [7, 11) is 0. The van der Waals surface area contributed by atoms with E-state index in [4.69, 9.17) is 0 Å². The lowest BCUT2D eigenvalue weighted by Crippen LogP contribution is -2.44. The summed E-state index contributed by atoms with van der Waals surface area (Å²) >= 11 is 0. The molecular formula is C16H20N2O. The van der Waals surface area contributed by atoms with Gasteiger partial charge in [0.1, 0.15) is 0 Å². The number of amides is 1. The first-order chi connectivity index (χ1) is 8.78. The Morgan fingerprint density at radius 2 is 1.79 bits per heavy atom. The van der Waals surface area contributed by atoms with Crippen molar-refractivity contribution in [2.24, 2.45) is 5.92 Å². The van der Waals surface area contributed by atoms with Crippen molar-refractivity contribution in [3.8, 4) is 6.07 Å². The lowest BCUT2D eigenvalue weighted by atomic mass is 9.89. The van der Waals surface area contributed by atoms with Gasteiger partial charge in [-0.05, 0) is 45.7 Å².